The number of rotatable bonds is 0. The highest BCUT2D eigenvalue weighted by atomic mass is 32.1. The van der Waals surface area contributed by atoms with Gasteiger partial charge in [-0.2, -0.15) is 0 Å². The molecule has 1 amide bonds. The minimum Gasteiger partial charge on any atom is -0.444 e. The summed E-state index contributed by atoms with van der Waals surface area (Å²) in [6.07, 6.45) is 4.44. The Hall–Kier alpha value is -1.81. The van der Waals surface area contributed by atoms with Crippen LogP contribution in [-0.2, 0) is 12.8 Å². The average molecular weight is 285 g/mol. The third-order valence-corrected chi connectivity index (χ3v) is 5.12. The molecule has 1 aliphatic carbocycles. The number of amides is 1. The van der Waals surface area contributed by atoms with Gasteiger partial charge in [0.2, 0.25) is 0 Å². The van der Waals surface area contributed by atoms with E-state index in [1.54, 1.807) is 11.3 Å². The molecule has 20 heavy (non-hydrogen) atoms. The van der Waals surface area contributed by atoms with Crippen LogP contribution in [0.3, 0.4) is 0 Å². The summed E-state index contributed by atoms with van der Waals surface area (Å²) in [5.41, 5.74) is 3.85. The van der Waals surface area contributed by atoms with Crippen LogP contribution in [0.2, 0.25) is 0 Å². The SMILES string of the molecule is Cc1ccc2c(c1)Oc1sc3c(c1C(=O)N2)CCCC3. The minimum atomic E-state index is -0.0259. The maximum Gasteiger partial charge on any atom is 0.260 e. The maximum absolute atomic E-state index is 12.5. The van der Waals surface area contributed by atoms with E-state index >= 15 is 0 Å². The largest absolute Gasteiger partial charge is 0.444 e. The van der Waals surface area contributed by atoms with Crippen molar-refractivity contribution in [3.63, 3.8) is 0 Å². The second-order valence-corrected chi connectivity index (χ2v) is 6.50. The van der Waals surface area contributed by atoms with Crippen molar-refractivity contribution in [2.24, 2.45) is 0 Å². The summed E-state index contributed by atoms with van der Waals surface area (Å²) in [4.78, 5) is 13.8. The second kappa shape index (κ2) is 4.35. The van der Waals surface area contributed by atoms with E-state index in [0.717, 1.165) is 46.9 Å². The molecule has 2 heterocycles. The standard InChI is InChI=1S/C16H15NO2S/c1-9-6-7-11-12(8-9)19-16-14(15(18)17-11)10-4-2-3-5-13(10)20-16/h6-8H,2-5H2,1H3,(H,17,18). The van der Waals surface area contributed by atoms with E-state index in [9.17, 15) is 4.79 Å². The Morgan fingerprint density at radius 3 is 3.00 bits per heavy atom. The van der Waals surface area contributed by atoms with Gasteiger partial charge in [0.05, 0.1) is 11.3 Å². The number of thiophene rings is 1. The third-order valence-electron chi connectivity index (χ3n) is 3.95. The summed E-state index contributed by atoms with van der Waals surface area (Å²) < 4.78 is 6.04. The van der Waals surface area contributed by atoms with E-state index in [0.29, 0.717) is 0 Å². The smallest absolute Gasteiger partial charge is 0.260 e. The predicted octanol–water partition coefficient (Wildman–Crippen LogP) is 4.29. The Morgan fingerprint density at radius 1 is 1.25 bits per heavy atom. The first-order chi connectivity index (χ1) is 9.72. The van der Waals surface area contributed by atoms with Crippen molar-refractivity contribution in [1.82, 2.24) is 0 Å². The number of ether oxygens (including phenoxy) is 1. The third kappa shape index (κ3) is 1.75. The average Bonchev–Trinajstić information content (AvgIpc) is 2.73. The summed E-state index contributed by atoms with van der Waals surface area (Å²) in [5.74, 6) is 0.720. The number of nitrogens with one attached hydrogen (secondary N) is 1. The molecule has 0 bridgehead atoms. The number of anilines is 1. The van der Waals surface area contributed by atoms with Crippen LogP contribution in [-0.4, -0.2) is 5.91 Å². The van der Waals surface area contributed by atoms with Gasteiger partial charge in [-0.15, -0.1) is 11.3 Å². The Kier molecular flexibility index (Phi) is 2.60. The number of hydrogen-bond donors (Lipinski definition) is 1. The van der Waals surface area contributed by atoms with E-state index < -0.39 is 0 Å². The molecule has 1 aromatic carbocycles. The molecular weight excluding hydrogens is 270 g/mol. The van der Waals surface area contributed by atoms with E-state index in [-0.39, 0.29) is 5.91 Å². The first kappa shape index (κ1) is 12.0. The zero-order chi connectivity index (χ0) is 13.7. The first-order valence-corrected chi connectivity index (χ1v) is 7.78. The van der Waals surface area contributed by atoms with Gasteiger partial charge in [-0.1, -0.05) is 6.07 Å². The number of hydrogen-bond acceptors (Lipinski definition) is 3. The van der Waals surface area contributed by atoms with Crippen molar-refractivity contribution in [3.05, 3.63) is 39.8 Å². The van der Waals surface area contributed by atoms with Crippen LogP contribution in [0.15, 0.2) is 18.2 Å². The van der Waals surface area contributed by atoms with Crippen LogP contribution in [0.5, 0.6) is 10.8 Å². The van der Waals surface area contributed by atoms with Gasteiger partial charge >= 0.3 is 0 Å². The fourth-order valence-electron chi connectivity index (χ4n) is 2.94. The lowest BCUT2D eigenvalue weighted by Crippen LogP contribution is -2.13. The normalized spacial score (nSPS) is 16.4. The molecule has 1 aliphatic heterocycles. The molecule has 1 N–H and O–H groups in total. The highest BCUT2D eigenvalue weighted by Gasteiger charge is 2.29. The molecule has 0 spiro atoms. The van der Waals surface area contributed by atoms with Gasteiger partial charge in [-0.25, -0.2) is 0 Å². The molecule has 0 atom stereocenters. The maximum atomic E-state index is 12.5. The molecule has 0 saturated heterocycles. The number of fused-ring (bicyclic) bond motifs is 4. The Morgan fingerprint density at radius 2 is 2.10 bits per heavy atom. The van der Waals surface area contributed by atoms with Crippen LogP contribution in [0.4, 0.5) is 5.69 Å². The van der Waals surface area contributed by atoms with Gasteiger partial charge in [0.25, 0.3) is 5.91 Å². The molecule has 0 fully saturated rings. The summed E-state index contributed by atoms with van der Waals surface area (Å²) in [7, 11) is 0. The van der Waals surface area contributed by atoms with E-state index in [1.807, 2.05) is 25.1 Å². The van der Waals surface area contributed by atoms with Crippen molar-refractivity contribution >= 4 is 22.9 Å². The van der Waals surface area contributed by atoms with E-state index in [1.165, 1.54) is 16.9 Å². The van der Waals surface area contributed by atoms with Crippen LogP contribution in [0.1, 0.15) is 39.2 Å². The van der Waals surface area contributed by atoms with Crippen LogP contribution < -0.4 is 10.1 Å². The number of benzene rings is 1. The molecule has 102 valence electrons. The Balaban J connectivity index is 1.88. The van der Waals surface area contributed by atoms with E-state index in [2.05, 4.69) is 5.32 Å². The summed E-state index contributed by atoms with van der Waals surface area (Å²) in [6.45, 7) is 2.02. The lowest BCUT2D eigenvalue weighted by molar-refractivity contribution is 0.102. The van der Waals surface area contributed by atoms with Gasteiger partial charge in [-0.05, 0) is 55.9 Å². The van der Waals surface area contributed by atoms with Gasteiger partial charge in [0, 0.05) is 4.88 Å². The lowest BCUT2D eigenvalue weighted by atomic mass is 9.95. The first-order valence-electron chi connectivity index (χ1n) is 6.97. The zero-order valence-corrected chi connectivity index (χ0v) is 12.1. The molecule has 2 aromatic rings. The Bertz CT molecular complexity index is 718. The predicted molar refractivity (Wildman–Crippen MR) is 80.2 cm³/mol. The number of aryl methyl sites for hydroxylation is 2. The molecule has 1 aromatic heterocycles. The van der Waals surface area contributed by atoms with E-state index in [4.69, 9.17) is 4.74 Å². The Labute approximate surface area is 121 Å². The van der Waals surface area contributed by atoms with Crippen molar-refractivity contribution in [1.29, 1.82) is 0 Å². The van der Waals surface area contributed by atoms with Crippen molar-refractivity contribution in [2.45, 2.75) is 32.6 Å². The molecular formula is C16H15NO2S. The fraction of sp³-hybridized carbons (Fsp3) is 0.312. The van der Waals surface area contributed by atoms with Crippen LogP contribution in [0.25, 0.3) is 0 Å². The highest BCUT2D eigenvalue weighted by Crippen LogP contribution is 2.45. The molecule has 0 unspecified atom stereocenters. The zero-order valence-electron chi connectivity index (χ0n) is 11.3. The van der Waals surface area contributed by atoms with Crippen molar-refractivity contribution in [2.75, 3.05) is 5.32 Å². The lowest BCUT2D eigenvalue weighted by Gasteiger charge is -2.12. The van der Waals surface area contributed by atoms with Crippen molar-refractivity contribution < 1.29 is 9.53 Å². The molecule has 0 radical (unpaired) electrons. The van der Waals surface area contributed by atoms with Gasteiger partial charge < -0.3 is 10.1 Å². The molecule has 0 saturated carbocycles. The molecule has 4 heteroatoms. The molecule has 2 aliphatic rings. The van der Waals surface area contributed by atoms with Gasteiger partial charge in [0.15, 0.2) is 10.8 Å². The second-order valence-electron chi connectivity index (χ2n) is 5.43. The summed E-state index contributed by atoms with van der Waals surface area (Å²) in [6, 6.07) is 5.87. The number of carbonyl (C=O) groups excluding carboxylic acids is 1. The van der Waals surface area contributed by atoms with Crippen LogP contribution >= 0.6 is 11.3 Å². The van der Waals surface area contributed by atoms with Gasteiger partial charge in [0.1, 0.15) is 0 Å². The fourth-order valence-corrected chi connectivity index (χ4v) is 4.19. The monoisotopic (exact) mass is 285 g/mol. The van der Waals surface area contributed by atoms with Gasteiger partial charge in [-0.3, -0.25) is 4.79 Å². The molecule has 4 rings (SSSR count). The topological polar surface area (TPSA) is 38.3 Å². The van der Waals surface area contributed by atoms with Crippen molar-refractivity contribution in [3.8, 4) is 10.8 Å². The minimum absolute atomic E-state index is 0.0259. The summed E-state index contributed by atoms with van der Waals surface area (Å²) in [5, 5.41) is 3.75. The molecule has 3 nitrogen and oxygen atoms in total. The summed E-state index contributed by atoms with van der Waals surface area (Å²) >= 11 is 1.64. The number of carbonyl (C=O) groups is 1. The highest BCUT2D eigenvalue weighted by molar-refractivity contribution is 7.14. The van der Waals surface area contributed by atoms with Crippen LogP contribution in [0, 0.1) is 6.92 Å². The quantitative estimate of drug-likeness (QED) is 0.784.